The zero-order valence-electron chi connectivity index (χ0n) is 12.9. The molecule has 114 valence electrons. The van der Waals surface area contributed by atoms with E-state index < -0.39 is 0 Å². The standard InChI is InChI=1S/C19H22N2O/c1-14(22)20-16-9-6-10-17(13-16)21-19-12-5-3-8-15-7-2-4-11-18(15)19/h2,4,6-7,9-11,13,19,21H,3,5,8,12H2,1H3,(H,20,22). The predicted octanol–water partition coefficient (Wildman–Crippen LogP) is 4.52. The molecule has 2 aromatic rings. The van der Waals surface area contributed by atoms with Crippen LogP contribution in [0.2, 0.25) is 0 Å². The molecule has 22 heavy (non-hydrogen) atoms. The average Bonchev–Trinajstić information content (AvgIpc) is 2.70. The lowest BCUT2D eigenvalue weighted by Gasteiger charge is -2.21. The van der Waals surface area contributed by atoms with E-state index in [1.807, 2.05) is 18.2 Å². The van der Waals surface area contributed by atoms with Crippen LogP contribution in [0.5, 0.6) is 0 Å². The lowest BCUT2D eigenvalue weighted by Crippen LogP contribution is -2.12. The number of carbonyl (C=O) groups excluding carboxylic acids is 1. The van der Waals surface area contributed by atoms with E-state index in [0.29, 0.717) is 6.04 Å². The third-order valence-electron chi connectivity index (χ3n) is 4.14. The van der Waals surface area contributed by atoms with Gasteiger partial charge in [-0.1, -0.05) is 36.8 Å². The van der Waals surface area contributed by atoms with Crippen LogP contribution < -0.4 is 10.6 Å². The highest BCUT2D eigenvalue weighted by Crippen LogP contribution is 2.31. The predicted molar refractivity (Wildman–Crippen MR) is 91.1 cm³/mol. The lowest BCUT2D eigenvalue weighted by atomic mass is 9.99. The van der Waals surface area contributed by atoms with Crippen LogP contribution in [0.4, 0.5) is 11.4 Å². The van der Waals surface area contributed by atoms with Crippen LogP contribution in [0, 0.1) is 0 Å². The smallest absolute Gasteiger partial charge is 0.221 e. The van der Waals surface area contributed by atoms with Crippen molar-refractivity contribution in [2.75, 3.05) is 10.6 Å². The topological polar surface area (TPSA) is 41.1 Å². The number of hydrogen-bond donors (Lipinski definition) is 2. The van der Waals surface area contributed by atoms with E-state index in [4.69, 9.17) is 0 Å². The van der Waals surface area contributed by atoms with Gasteiger partial charge < -0.3 is 10.6 Å². The molecule has 0 bridgehead atoms. The Hall–Kier alpha value is -2.29. The van der Waals surface area contributed by atoms with E-state index in [-0.39, 0.29) is 5.91 Å². The molecule has 2 aromatic carbocycles. The molecule has 0 saturated carbocycles. The van der Waals surface area contributed by atoms with Crippen molar-refractivity contribution in [1.29, 1.82) is 0 Å². The van der Waals surface area contributed by atoms with Crippen LogP contribution in [0.25, 0.3) is 0 Å². The van der Waals surface area contributed by atoms with Crippen LogP contribution in [0.15, 0.2) is 48.5 Å². The summed E-state index contributed by atoms with van der Waals surface area (Å²) in [6, 6.07) is 17.0. The molecule has 0 aromatic heterocycles. The molecule has 0 fully saturated rings. The summed E-state index contributed by atoms with van der Waals surface area (Å²) in [5, 5.41) is 6.47. The molecule has 3 nitrogen and oxygen atoms in total. The Balaban J connectivity index is 1.82. The van der Waals surface area contributed by atoms with Gasteiger partial charge in [-0.25, -0.2) is 0 Å². The van der Waals surface area contributed by atoms with Gasteiger partial charge in [0.25, 0.3) is 0 Å². The van der Waals surface area contributed by atoms with Gasteiger partial charge in [0.05, 0.1) is 6.04 Å². The number of amides is 1. The summed E-state index contributed by atoms with van der Waals surface area (Å²) in [6.45, 7) is 1.53. The number of benzene rings is 2. The van der Waals surface area contributed by atoms with Gasteiger partial charge in [0, 0.05) is 18.3 Å². The van der Waals surface area contributed by atoms with Crippen LogP contribution >= 0.6 is 0 Å². The van der Waals surface area contributed by atoms with E-state index in [9.17, 15) is 4.79 Å². The number of aryl methyl sites for hydroxylation is 1. The fraction of sp³-hybridized carbons (Fsp3) is 0.316. The maximum Gasteiger partial charge on any atom is 0.221 e. The summed E-state index contributed by atoms with van der Waals surface area (Å²) >= 11 is 0. The molecule has 1 unspecified atom stereocenters. The van der Waals surface area contributed by atoms with E-state index in [2.05, 4.69) is 41.0 Å². The number of anilines is 2. The fourth-order valence-corrected chi connectivity index (χ4v) is 3.16. The van der Waals surface area contributed by atoms with E-state index in [1.165, 1.54) is 37.3 Å². The molecule has 1 aliphatic rings. The molecular weight excluding hydrogens is 272 g/mol. The van der Waals surface area contributed by atoms with Crippen molar-refractivity contribution >= 4 is 17.3 Å². The zero-order chi connectivity index (χ0) is 15.4. The quantitative estimate of drug-likeness (QED) is 0.817. The largest absolute Gasteiger partial charge is 0.378 e. The van der Waals surface area contributed by atoms with Gasteiger partial charge in [0.2, 0.25) is 5.91 Å². The Morgan fingerprint density at radius 2 is 1.86 bits per heavy atom. The molecule has 3 rings (SSSR count). The van der Waals surface area contributed by atoms with E-state index in [1.54, 1.807) is 0 Å². The second-order valence-electron chi connectivity index (χ2n) is 5.90. The molecule has 1 aliphatic carbocycles. The summed E-state index contributed by atoms with van der Waals surface area (Å²) < 4.78 is 0. The summed E-state index contributed by atoms with van der Waals surface area (Å²) in [5.41, 5.74) is 4.74. The van der Waals surface area contributed by atoms with Crippen molar-refractivity contribution in [2.45, 2.75) is 38.6 Å². The van der Waals surface area contributed by atoms with Crippen LogP contribution in [0.1, 0.15) is 43.4 Å². The Bertz CT molecular complexity index is 666. The molecule has 0 aliphatic heterocycles. The Morgan fingerprint density at radius 3 is 2.73 bits per heavy atom. The molecule has 0 radical (unpaired) electrons. The van der Waals surface area contributed by atoms with Crippen molar-refractivity contribution in [2.24, 2.45) is 0 Å². The summed E-state index contributed by atoms with van der Waals surface area (Å²) in [5.74, 6) is -0.0445. The highest BCUT2D eigenvalue weighted by Gasteiger charge is 2.18. The van der Waals surface area contributed by atoms with Crippen molar-refractivity contribution in [3.8, 4) is 0 Å². The molecular formula is C19H22N2O. The summed E-state index contributed by atoms with van der Waals surface area (Å²) in [4.78, 5) is 11.2. The van der Waals surface area contributed by atoms with Gasteiger partial charge in [-0.2, -0.15) is 0 Å². The molecule has 1 amide bonds. The van der Waals surface area contributed by atoms with Gasteiger partial charge in [0.15, 0.2) is 0 Å². The second kappa shape index (κ2) is 6.65. The summed E-state index contributed by atoms with van der Waals surface area (Å²) in [6.07, 6.45) is 4.79. The van der Waals surface area contributed by atoms with Crippen LogP contribution in [-0.2, 0) is 11.2 Å². The first-order valence-electron chi connectivity index (χ1n) is 7.94. The van der Waals surface area contributed by atoms with Gasteiger partial charge in [-0.05, 0) is 48.6 Å². The Morgan fingerprint density at radius 1 is 1.05 bits per heavy atom. The first-order valence-corrected chi connectivity index (χ1v) is 7.94. The first kappa shape index (κ1) is 14.6. The van der Waals surface area contributed by atoms with Gasteiger partial charge in [-0.15, -0.1) is 0 Å². The van der Waals surface area contributed by atoms with Crippen LogP contribution in [0.3, 0.4) is 0 Å². The molecule has 0 saturated heterocycles. The highest BCUT2D eigenvalue weighted by atomic mass is 16.1. The number of hydrogen-bond acceptors (Lipinski definition) is 2. The third-order valence-corrected chi connectivity index (χ3v) is 4.14. The zero-order valence-corrected chi connectivity index (χ0v) is 12.9. The molecule has 1 atom stereocenters. The molecule has 2 N–H and O–H groups in total. The first-order chi connectivity index (χ1) is 10.7. The lowest BCUT2D eigenvalue weighted by molar-refractivity contribution is -0.114. The minimum atomic E-state index is -0.0445. The highest BCUT2D eigenvalue weighted by molar-refractivity contribution is 5.89. The third kappa shape index (κ3) is 3.48. The molecule has 0 heterocycles. The number of fused-ring (bicyclic) bond motifs is 1. The maximum absolute atomic E-state index is 11.2. The van der Waals surface area contributed by atoms with Gasteiger partial charge in [-0.3, -0.25) is 4.79 Å². The fourth-order valence-electron chi connectivity index (χ4n) is 3.16. The minimum Gasteiger partial charge on any atom is -0.378 e. The minimum absolute atomic E-state index is 0.0445. The van der Waals surface area contributed by atoms with Crippen molar-refractivity contribution < 1.29 is 4.79 Å². The second-order valence-corrected chi connectivity index (χ2v) is 5.90. The number of carbonyl (C=O) groups is 1. The maximum atomic E-state index is 11.2. The monoisotopic (exact) mass is 294 g/mol. The molecule has 0 spiro atoms. The van der Waals surface area contributed by atoms with E-state index in [0.717, 1.165) is 17.8 Å². The molecule has 3 heteroatoms. The number of nitrogens with one attached hydrogen (secondary N) is 2. The van der Waals surface area contributed by atoms with Crippen LogP contribution in [-0.4, -0.2) is 5.91 Å². The van der Waals surface area contributed by atoms with Crippen molar-refractivity contribution in [1.82, 2.24) is 0 Å². The summed E-state index contributed by atoms with van der Waals surface area (Å²) in [7, 11) is 0. The van der Waals surface area contributed by atoms with Crippen molar-refractivity contribution in [3.05, 3.63) is 59.7 Å². The average molecular weight is 294 g/mol. The SMILES string of the molecule is CC(=O)Nc1cccc(NC2CCCCc3ccccc32)c1. The van der Waals surface area contributed by atoms with Gasteiger partial charge >= 0.3 is 0 Å². The number of rotatable bonds is 3. The van der Waals surface area contributed by atoms with E-state index >= 15 is 0 Å². The Kier molecular flexibility index (Phi) is 4.42. The van der Waals surface area contributed by atoms with Gasteiger partial charge in [0.1, 0.15) is 0 Å². The Labute approximate surface area is 131 Å². The van der Waals surface area contributed by atoms with Crippen molar-refractivity contribution in [3.63, 3.8) is 0 Å². The normalized spacial score (nSPS) is 17.2.